The van der Waals surface area contributed by atoms with E-state index in [4.69, 9.17) is 4.74 Å². The topological polar surface area (TPSA) is 38.3 Å². The van der Waals surface area contributed by atoms with Gasteiger partial charge in [-0.3, -0.25) is 0 Å². The molecule has 0 aromatic carbocycles. The van der Waals surface area contributed by atoms with Crippen LogP contribution in [-0.4, -0.2) is 28.7 Å². The highest BCUT2D eigenvalue weighted by atomic mass is 32.2. The van der Waals surface area contributed by atoms with Crippen molar-refractivity contribution in [3.63, 3.8) is 0 Å². The number of fused-ring (bicyclic) bond motifs is 2. The fraction of sp³-hybridized carbons (Fsp3) is 0.929. The lowest BCUT2D eigenvalue weighted by molar-refractivity contribution is 0.0524. The van der Waals surface area contributed by atoms with Gasteiger partial charge < -0.3 is 10.1 Å². The van der Waals surface area contributed by atoms with Crippen molar-refractivity contribution in [3.8, 4) is 0 Å². The van der Waals surface area contributed by atoms with Gasteiger partial charge in [-0.05, 0) is 58.8 Å². The van der Waals surface area contributed by atoms with Gasteiger partial charge in [-0.2, -0.15) is 11.8 Å². The molecule has 2 atom stereocenters. The standard InChI is InChI=1S/C14H25NO2S/c1-14(2,3)17-13(16)15-7-6-10-8-11-4-5-12(9-10)18-11/h10-12H,4-9H2,1-3H3,(H,15,16). The molecule has 2 heterocycles. The Morgan fingerprint density at radius 2 is 1.89 bits per heavy atom. The van der Waals surface area contributed by atoms with E-state index >= 15 is 0 Å². The van der Waals surface area contributed by atoms with Gasteiger partial charge in [0.2, 0.25) is 0 Å². The number of ether oxygens (including phenoxy) is 1. The number of thioether (sulfide) groups is 1. The molecule has 3 nitrogen and oxygen atoms in total. The Hall–Kier alpha value is -0.380. The zero-order valence-electron chi connectivity index (χ0n) is 11.7. The van der Waals surface area contributed by atoms with E-state index < -0.39 is 5.60 Å². The van der Waals surface area contributed by atoms with E-state index in [0.717, 1.165) is 29.4 Å². The quantitative estimate of drug-likeness (QED) is 0.852. The van der Waals surface area contributed by atoms with Gasteiger partial charge in [0.05, 0.1) is 0 Å². The Kier molecular flexibility index (Phi) is 4.46. The Labute approximate surface area is 114 Å². The molecule has 0 radical (unpaired) electrons. The highest BCUT2D eigenvalue weighted by Crippen LogP contribution is 2.46. The molecular weight excluding hydrogens is 246 g/mol. The summed E-state index contributed by atoms with van der Waals surface area (Å²) in [5.74, 6) is 0.804. The summed E-state index contributed by atoms with van der Waals surface area (Å²) >= 11 is 2.19. The summed E-state index contributed by atoms with van der Waals surface area (Å²) in [4.78, 5) is 11.5. The zero-order chi connectivity index (χ0) is 13.2. The van der Waals surface area contributed by atoms with E-state index in [9.17, 15) is 4.79 Å². The third-order valence-corrected chi connectivity index (χ3v) is 5.23. The van der Waals surface area contributed by atoms with Gasteiger partial charge in [-0.15, -0.1) is 0 Å². The third kappa shape index (κ3) is 4.38. The summed E-state index contributed by atoms with van der Waals surface area (Å²) in [5, 5.41) is 4.67. The molecule has 1 amide bonds. The summed E-state index contributed by atoms with van der Waals surface area (Å²) in [5.41, 5.74) is -0.398. The minimum Gasteiger partial charge on any atom is -0.444 e. The van der Waals surface area contributed by atoms with Gasteiger partial charge in [0.25, 0.3) is 0 Å². The van der Waals surface area contributed by atoms with Gasteiger partial charge >= 0.3 is 6.09 Å². The van der Waals surface area contributed by atoms with Crippen molar-refractivity contribution in [2.75, 3.05) is 6.54 Å². The lowest BCUT2D eigenvalue weighted by atomic mass is 9.96. The van der Waals surface area contributed by atoms with Gasteiger partial charge in [0.1, 0.15) is 5.60 Å². The smallest absolute Gasteiger partial charge is 0.407 e. The minimum absolute atomic E-state index is 0.282. The van der Waals surface area contributed by atoms with E-state index in [1.54, 1.807) is 0 Å². The number of rotatable bonds is 3. The highest BCUT2D eigenvalue weighted by Gasteiger charge is 2.34. The number of nitrogens with one attached hydrogen (secondary N) is 1. The van der Waals surface area contributed by atoms with Crippen LogP contribution in [0.5, 0.6) is 0 Å². The number of alkyl carbamates (subject to hydrolysis) is 1. The second-order valence-corrected chi connectivity index (χ2v) is 8.12. The van der Waals surface area contributed by atoms with Gasteiger partial charge in [0, 0.05) is 17.0 Å². The monoisotopic (exact) mass is 271 g/mol. The van der Waals surface area contributed by atoms with E-state index in [2.05, 4.69) is 17.1 Å². The maximum Gasteiger partial charge on any atom is 0.407 e. The summed E-state index contributed by atoms with van der Waals surface area (Å²) in [7, 11) is 0. The summed E-state index contributed by atoms with van der Waals surface area (Å²) in [6.07, 6.45) is 6.33. The van der Waals surface area contributed by atoms with Gasteiger partial charge in [-0.25, -0.2) is 4.79 Å². The van der Waals surface area contributed by atoms with Crippen molar-refractivity contribution in [1.82, 2.24) is 5.32 Å². The molecule has 2 bridgehead atoms. The average molecular weight is 271 g/mol. The number of amides is 1. The molecule has 2 aliphatic heterocycles. The number of hydrogen-bond donors (Lipinski definition) is 1. The fourth-order valence-corrected chi connectivity index (χ4v) is 4.75. The third-order valence-electron chi connectivity index (χ3n) is 3.61. The fourth-order valence-electron chi connectivity index (χ4n) is 2.89. The number of hydrogen-bond acceptors (Lipinski definition) is 3. The predicted octanol–water partition coefficient (Wildman–Crippen LogP) is 3.58. The van der Waals surface area contributed by atoms with Crippen LogP contribution in [-0.2, 0) is 4.74 Å². The molecule has 0 aromatic rings. The largest absolute Gasteiger partial charge is 0.444 e. The van der Waals surface area contributed by atoms with E-state index in [-0.39, 0.29) is 6.09 Å². The zero-order valence-corrected chi connectivity index (χ0v) is 12.5. The van der Waals surface area contributed by atoms with Gasteiger partial charge in [0.15, 0.2) is 0 Å². The summed E-state index contributed by atoms with van der Waals surface area (Å²) < 4.78 is 5.23. The molecular formula is C14H25NO2S. The van der Waals surface area contributed by atoms with Crippen LogP contribution < -0.4 is 5.32 Å². The van der Waals surface area contributed by atoms with Gasteiger partial charge in [-0.1, -0.05) is 0 Å². The van der Waals surface area contributed by atoms with Crippen molar-refractivity contribution >= 4 is 17.9 Å². The number of carbonyl (C=O) groups excluding carboxylic acids is 1. The molecule has 2 rings (SSSR count). The lowest BCUT2D eigenvalue weighted by Gasteiger charge is -2.27. The average Bonchev–Trinajstić information content (AvgIpc) is 2.55. The molecule has 1 N–H and O–H groups in total. The van der Waals surface area contributed by atoms with Crippen molar-refractivity contribution < 1.29 is 9.53 Å². The molecule has 0 spiro atoms. The van der Waals surface area contributed by atoms with E-state index in [0.29, 0.717) is 0 Å². The molecule has 0 aromatic heterocycles. The molecule has 2 saturated heterocycles. The van der Waals surface area contributed by atoms with Crippen molar-refractivity contribution in [2.45, 2.75) is 69.0 Å². The van der Waals surface area contributed by atoms with E-state index in [1.807, 2.05) is 20.8 Å². The van der Waals surface area contributed by atoms with Crippen molar-refractivity contribution in [1.29, 1.82) is 0 Å². The van der Waals surface area contributed by atoms with Crippen molar-refractivity contribution in [2.24, 2.45) is 5.92 Å². The van der Waals surface area contributed by atoms with Crippen LogP contribution in [0.15, 0.2) is 0 Å². The second kappa shape index (κ2) is 5.72. The Balaban J connectivity index is 1.62. The van der Waals surface area contributed by atoms with Crippen LogP contribution in [0.25, 0.3) is 0 Å². The molecule has 2 aliphatic rings. The van der Waals surface area contributed by atoms with Crippen LogP contribution in [0.3, 0.4) is 0 Å². The Bertz CT molecular complexity index is 289. The molecule has 2 fully saturated rings. The van der Waals surface area contributed by atoms with Crippen molar-refractivity contribution in [3.05, 3.63) is 0 Å². The first-order chi connectivity index (χ1) is 8.42. The first kappa shape index (κ1) is 14.0. The van der Waals surface area contributed by atoms with Crippen LogP contribution >= 0.6 is 11.8 Å². The van der Waals surface area contributed by atoms with Crippen LogP contribution in [0.2, 0.25) is 0 Å². The Morgan fingerprint density at radius 1 is 1.28 bits per heavy atom. The molecule has 0 aliphatic carbocycles. The second-order valence-electron chi connectivity index (χ2n) is 6.51. The molecule has 0 saturated carbocycles. The highest BCUT2D eigenvalue weighted by molar-refractivity contribution is 8.00. The van der Waals surface area contributed by atoms with E-state index in [1.165, 1.54) is 25.7 Å². The molecule has 104 valence electrons. The maximum atomic E-state index is 11.5. The van der Waals surface area contributed by atoms with Crippen LogP contribution in [0.1, 0.15) is 52.9 Å². The van der Waals surface area contributed by atoms with Crippen LogP contribution in [0.4, 0.5) is 4.79 Å². The normalized spacial score (nSPS) is 31.2. The predicted molar refractivity (Wildman–Crippen MR) is 76.0 cm³/mol. The molecule has 2 unspecified atom stereocenters. The number of carbonyl (C=O) groups is 1. The summed E-state index contributed by atoms with van der Waals surface area (Å²) in [6, 6.07) is 0. The lowest BCUT2D eigenvalue weighted by Crippen LogP contribution is -2.34. The van der Waals surface area contributed by atoms with Crippen LogP contribution in [0, 0.1) is 5.92 Å². The SMILES string of the molecule is CC(C)(C)OC(=O)NCCC1CC2CCC(C1)S2. The maximum absolute atomic E-state index is 11.5. The Morgan fingerprint density at radius 3 is 2.44 bits per heavy atom. The first-order valence-corrected chi connectivity index (χ1v) is 7.99. The minimum atomic E-state index is -0.398. The summed E-state index contributed by atoms with van der Waals surface area (Å²) in [6.45, 7) is 6.43. The molecule has 4 heteroatoms. The molecule has 18 heavy (non-hydrogen) atoms. The first-order valence-electron chi connectivity index (χ1n) is 7.05.